The largest absolute Gasteiger partial charge is 0.523 e. The van der Waals surface area contributed by atoms with Gasteiger partial charge in [0.1, 0.15) is 12.7 Å². The molecule has 24 heavy (non-hydrogen) atoms. The number of cyclic esters (lactones) is 1. The highest BCUT2D eigenvalue weighted by atomic mass is 32.2. The molecule has 0 fully saturated rings. The van der Waals surface area contributed by atoms with E-state index in [0.29, 0.717) is 0 Å². The van der Waals surface area contributed by atoms with E-state index in [1.165, 1.54) is 6.08 Å². The van der Waals surface area contributed by atoms with Gasteiger partial charge in [0.05, 0.1) is 6.61 Å². The first-order chi connectivity index (χ1) is 11.2. The highest BCUT2D eigenvalue weighted by Crippen LogP contribution is 2.25. The van der Waals surface area contributed by atoms with Crippen LogP contribution in [0.3, 0.4) is 0 Å². The van der Waals surface area contributed by atoms with Gasteiger partial charge in [-0.05, 0) is 11.6 Å². The zero-order valence-electron chi connectivity index (χ0n) is 12.1. The number of carbonyl (C=O) groups excluding carboxylic acids is 1. The SMILES string of the molecule is O=C1C=C[C@H](OCc2ccccc2)[C@@H](COS(=O)(=O)C(F)(F)F)O1. The Morgan fingerprint density at radius 3 is 2.46 bits per heavy atom. The Balaban J connectivity index is 2.00. The van der Waals surface area contributed by atoms with Crippen LogP contribution in [0.2, 0.25) is 0 Å². The summed E-state index contributed by atoms with van der Waals surface area (Å²) in [5.74, 6) is -0.826. The Kier molecular flexibility index (Phi) is 5.62. The summed E-state index contributed by atoms with van der Waals surface area (Å²) in [5, 5.41) is 0. The van der Waals surface area contributed by atoms with Crippen LogP contribution in [0.4, 0.5) is 13.2 Å². The number of benzene rings is 1. The van der Waals surface area contributed by atoms with Crippen molar-refractivity contribution in [2.24, 2.45) is 0 Å². The van der Waals surface area contributed by atoms with Crippen molar-refractivity contribution >= 4 is 16.1 Å². The molecule has 0 spiro atoms. The fourth-order valence-electron chi connectivity index (χ4n) is 1.83. The summed E-state index contributed by atoms with van der Waals surface area (Å²) in [7, 11) is -5.78. The fraction of sp³-hybridized carbons (Fsp3) is 0.357. The van der Waals surface area contributed by atoms with Gasteiger partial charge in [0, 0.05) is 6.08 Å². The van der Waals surface area contributed by atoms with Crippen molar-refractivity contribution in [3.63, 3.8) is 0 Å². The zero-order chi connectivity index (χ0) is 17.8. The third-order valence-electron chi connectivity index (χ3n) is 3.01. The molecule has 1 aliphatic heterocycles. The molecule has 132 valence electrons. The monoisotopic (exact) mass is 366 g/mol. The third-order valence-corrected chi connectivity index (χ3v) is 4.03. The van der Waals surface area contributed by atoms with Crippen molar-refractivity contribution in [3.05, 3.63) is 48.0 Å². The van der Waals surface area contributed by atoms with Crippen molar-refractivity contribution in [1.82, 2.24) is 0 Å². The standard InChI is InChI=1S/C14H13F3O6S/c15-14(16,17)24(19,20)22-9-12-11(6-7-13(18)23-12)21-8-10-4-2-1-3-5-10/h1-7,11-12H,8-9H2/t11-,12+/m0/s1. The van der Waals surface area contributed by atoms with E-state index in [-0.39, 0.29) is 6.61 Å². The molecule has 0 saturated heterocycles. The number of carbonyl (C=O) groups is 1. The van der Waals surface area contributed by atoms with E-state index in [4.69, 9.17) is 9.47 Å². The Morgan fingerprint density at radius 2 is 1.83 bits per heavy atom. The van der Waals surface area contributed by atoms with Gasteiger partial charge in [-0.3, -0.25) is 4.18 Å². The molecule has 1 heterocycles. The first kappa shape index (κ1) is 18.4. The van der Waals surface area contributed by atoms with E-state index in [2.05, 4.69) is 4.18 Å². The molecule has 1 aromatic rings. The van der Waals surface area contributed by atoms with Crippen LogP contribution >= 0.6 is 0 Å². The maximum Gasteiger partial charge on any atom is 0.523 e. The second-order valence-electron chi connectivity index (χ2n) is 4.78. The highest BCUT2D eigenvalue weighted by Gasteiger charge is 2.48. The van der Waals surface area contributed by atoms with Crippen molar-refractivity contribution in [1.29, 1.82) is 0 Å². The van der Waals surface area contributed by atoms with Crippen LogP contribution in [0.1, 0.15) is 5.56 Å². The van der Waals surface area contributed by atoms with Gasteiger partial charge < -0.3 is 9.47 Å². The molecule has 1 aromatic carbocycles. The van der Waals surface area contributed by atoms with Crippen LogP contribution in [0, 0.1) is 0 Å². The van der Waals surface area contributed by atoms with Gasteiger partial charge in [0.25, 0.3) is 0 Å². The summed E-state index contributed by atoms with van der Waals surface area (Å²) in [6.07, 6.45) is 0.0719. The Labute approximate surface area is 135 Å². The maximum atomic E-state index is 12.3. The van der Waals surface area contributed by atoms with E-state index < -0.39 is 40.4 Å². The normalized spacial score (nSPS) is 21.5. The van der Waals surface area contributed by atoms with E-state index in [0.717, 1.165) is 11.6 Å². The number of hydrogen-bond acceptors (Lipinski definition) is 6. The van der Waals surface area contributed by atoms with Crippen molar-refractivity contribution in [3.8, 4) is 0 Å². The number of esters is 1. The molecule has 0 saturated carbocycles. The molecule has 2 atom stereocenters. The summed E-state index contributed by atoms with van der Waals surface area (Å²) in [5.41, 5.74) is -4.77. The van der Waals surface area contributed by atoms with Gasteiger partial charge in [0.2, 0.25) is 0 Å². The van der Waals surface area contributed by atoms with Gasteiger partial charge in [0.15, 0.2) is 6.10 Å². The van der Waals surface area contributed by atoms with E-state index in [9.17, 15) is 26.4 Å². The molecular formula is C14H13F3O6S. The lowest BCUT2D eigenvalue weighted by Crippen LogP contribution is -2.40. The van der Waals surface area contributed by atoms with Crippen LogP contribution in [-0.4, -0.2) is 38.7 Å². The lowest BCUT2D eigenvalue weighted by molar-refractivity contribution is -0.155. The number of hydrogen-bond donors (Lipinski definition) is 0. The molecule has 0 aromatic heterocycles. The van der Waals surface area contributed by atoms with Crippen LogP contribution in [0.15, 0.2) is 42.5 Å². The molecule has 1 aliphatic rings. The summed E-state index contributed by atoms with van der Waals surface area (Å²) >= 11 is 0. The van der Waals surface area contributed by atoms with E-state index in [1.807, 2.05) is 0 Å². The lowest BCUT2D eigenvalue weighted by Gasteiger charge is -2.27. The van der Waals surface area contributed by atoms with E-state index in [1.54, 1.807) is 30.3 Å². The highest BCUT2D eigenvalue weighted by molar-refractivity contribution is 7.87. The molecule has 0 radical (unpaired) electrons. The molecular weight excluding hydrogens is 353 g/mol. The van der Waals surface area contributed by atoms with Gasteiger partial charge in [-0.15, -0.1) is 0 Å². The van der Waals surface area contributed by atoms with Crippen molar-refractivity contribution in [2.45, 2.75) is 24.3 Å². The van der Waals surface area contributed by atoms with Crippen LogP contribution < -0.4 is 0 Å². The number of alkyl halides is 3. The predicted molar refractivity (Wildman–Crippen MR) is 75.0 cm³/mol. The first-order valence-corrected chi connectivity index (χ1v) is 8.10. The molecule has 0 unspecified atom stereocenters. The Morgan fingerprint density at radius 1 is 1.17 bits per heavy atom. The maximum absolute atomic E-state index is 12.3. The topological polar surface area (TPSA) is 78.9 Å². The molecule has 0 amide bonds. The molecule has 6 nitrogen and oxygen atoms in total. The number of ether oxygens (including phenoxy) is 2. The van der Waals surface area contributed by atoms with Gasteiger partial charge in [-0.2, -0.15) is 21.6 Å². The lowest BCUT2D eigenvalue weighted by atomic mass is 10.1. The van der Waals surface area contributed by atoms with Crippen molar-refractivity contribution in [2.75, 3.05) is 6.61 Å². The minimum Gasteiger partial charge on any atom is -0.454 e. The molecule has 2 rings (SSSR count). The van der Waals surface area contributed by atoms with Crippen LogP contribution in [-0.2, 0) is 35.2 Å². The molecule has 0 bridgehead atoms. The average Bonchev–Trinajstić information content (AvgIpc) is 2.52. The van der Waals surface area contributed by atoms with Gasteiger partial charge in [-0.25, -0.2) is 4.79 Å². The minimum absolute atomic E-state index is 0.0932. The average molecular weight is 366 g/mol. The second kappa shape index (κ2) is 7.32. The second-order valence-corrected chi connectivity index (χ2v) is 6.39. The minimum atomic E-state index is -5.78. The molecule has 10 heteroatoms. The quantitative estimate of drug-likeness (QED) is 0.435. The summed E-state index contributed by atoms with van der Waals surface area (Å²) in [6, 6.07) is 8.86. The summed E-state index contributed by atoms with van der Waals surface area (Å²) in [6.45, 7) is -0.909. The number of halogens is 3. The van der Waals surface area contributed by atoms with Crippen LogP contribution in [0.5, 0.6) is 0 Å². The Bertz CT molecular complexity index is 699. The zero-order valence-corrected chi connectivity index (χ0v) is 12.9. The fourth-order valence-corrected chi connectivity index (χ4v) is 2.28. The summed E-state index contributed by atoms with van der Waals surface area (Å²) in [4.78, 5) is 11.2. The third kappa shape index (κ3) is 4.79. The van der Waals surface area contributed by atoms with Gasteiger partial charge >= 0.3 is 21.6 Å². The van der Waals surface area contributed by atoms with Gasteiger partial charge in [-0.1, -0.05) is 30.3 Å². The molecule has 0 aliphatic carbocycles. The smallest absolute Gasteiger partial charge is 0.454 e. The first-order valence-electron chi connectivity index (χ1n) is 6.69. The predicted octanol–water partition coefficient (Wildman–Crippen LogP) is 1.92. The van der Waals surface area contributed by atoms with E-state index >= 15 is 0 Å². The number of rotatable bonds is 6. The van der Waals surface area contributed by atoms with Crippen LogP contribution in [0.25, 0.3) is 0 Å². The molecule has 0 N–H and O–H groups in total. The van der Waals surface area contributed by atoms with Crippen molar-refractivity contribution < 1.29 is 40.0 Å². The summed E-state index contributed by atoms with van der Waals surface area (Å²) < 4.78 is 72.8. The Hall–Kier alpha value is -1.91.